The summed E-state index contributed by atoms with van der Waals surface area (Å²) in [6.07, 6.45) is 1.64. The Balaban J connectivity index is 2.04. The van der Waals surface area contributed by atoms with Crippen molar-refractivity contribution in [3.8, 4) is 0 Å². The summed E-state index contributed by atoms with van der Waals surface area (Å²) in [5.74, 6) is -0.906. The lowest BCUT2D eigenvalue weighted by Gasteiger charge is -2.29. The third-order valence-electron chi connectivity index (χ3n) is 4.42. The van der Waals surface area contributed by atoms with Gasteiger partial charge in [0.15, 0.2) is 5.11 Å². The molecule has 0 atom stereocenters. The summed E-state index contributed by atoms with van der Waals surface area (Å²) in [4.78, 5) is 26.7. The molecule has 1 aromatic carbocycles. The van der Waals surface area contributed by atoms with Gasteiger partial charge in [0.2, 0.25) is 0 Å². The quantitative estimate of drug-likeness (QED) is 0.457. The maximum Gasteiger partial charge on any atom is 0.270 e. The first-order chi connectivity index (χ1) is 12.3. The lowest BCUT2D eigenvalue weighted by molar-refractivity contribution is -0.122. The van der Waals surface area contributed by atoms with E-state index in [1.165, 1.54) is 4.90 Å². The molecule has 0 saturated carbocycles. The number of rotatable bonds is 3. The molecule has 0 unspecified atom stereocenters. The number of amides is 2. The van der Waals surface area contributed by atoms with Gasteiger partial charge in [0.1, 0.15) is 5.57 Å². The Morgan fingerprint density at radius 2 is 1.85 bits per heavy atom. The number of hydrogen-bond acceptors (Lipinski definition) is 3. The van der Waals surface area contributed by atoms with E-state index in [9.17, 15) is 9.59 Å². The van der Waals surface area contributed by atoms with Crippen LogP contribution in [-0.4, -0.2) is 21.5 Å². The summed E-state index contributed by atoms with van der Waals surface area (Å²) in [7, 11) is 0. The third kappa shape index (κ3) is 3.24. The highest BCUT2D eigenvalue weighted by Gasteiger charge is 2.34. The van der Waals surface area contributed by atoms with Crippen molar-refractivity contribution < 1.29 is 9.59 Å². The van der Waals surface area contributed by atoms with Gasteiger partial charge in [0.25, 0.3) is 11.8 Å². The van der Waals surface area contributed by atoms with Gasteiger partial charge in [-0.1, -0.05) is 15.9 Å². The molecule has 0 aliphatic carbocycles. The monoisotopic (exact) mass is 431 g/mol. The molecule has 7 heteroatoms. The Labute approximate surface area is 165 Å². The van der Waals surface area contributed by atoms with Gasteiger partial charge in [-0.3, -0.25) is 19.8 Å². The highest BCUT2D eigenvalue weighted by Crippen LogP contribution is 2.25. The normalized spacial score (nSPS) is 16.4. The standard InChI is InChI=1S/C19H18BrN3O2S/c1-4-22-11(2)9-13(12(22)3)10-16-17(24)21-19(26)23(18(16)25)15-7-5-14(20)6-8-15/h5-10H,4H2,1-3H3,(H,21,24,26)/b16-10-. The molecule has 1 saturated heterocycles. The summed E-state index contributed by atoms with van der Waals surface area (Å²) in [5.41, 5.74) is 3.62. The van der Waals surface area contributed by atoms with Gasteiger partial charge in [-0.15, -0.1) is 0 Å². The SMILES string of the molecule is CCn1c(C)cc(/C=C2/C(=O)NC(=S)N(c3ccc(Br)cc3)C2=O)c1C. The van der Waals surface area contributed by atoms with Gasteiger partial charge in [-0.2, -0.15) is 0 Å². The van der Waals surface area contributed by atoms with Crippen molar-refractivity contribution >= 4 is 56.8 Å². The molecular formula is C19H18BrN3O2S. The first-order valence-corrected chi connectivity index (χ1v) is 9.37. The molecule has 26 heavy (non-hydrogen) atoms. The number of nitrogens with zero attached hydrogens (tertiary/aromatic N) is 2. The van der Waals surface area contributed by atoms with Crippen LogP contribution >= 0.6 is 28.1 Å². The zero-order valence-electron chi connectivity index (χ0n) is 14.7. The van der Waals surface area contributed by atoms with Crippen LogP contribution in [0.25, 0.3) is 6.08 Å². The largest absolute Gasteiger partial charge is 0.349 e. The van der Waals surface area contributed by atoms with Crippen LogP contribution in [0.15, 0.2) is 40.4 Å². The van der Waals surface area contributed by atoms with E-state index in [0.717, 1.165) is 28.0 Å². The average molecular weight is 432 g/mol. The van der Waals surface area contributed by atoms with Crippen molar-refractivity contribution in [3.63, 3.8) is 0 Å². The van der Waals surface area contributed by atoms with Crippen LogP contribution in [0.5, 0.6) is 0 Å². The molecule has 0 bridgehead atoms. The maximum atomic E-state index is 13.0. The average Bonchev–Trinajstić information content (AvgIpc) is 2.86. The third-order valence-corrected chi connectivity index (χ3v) is 5.23. The van der Waals surface area contributed by atoms with Crippen molar-refractivity contribution in [2.24, 2.45) is 0 Å². The molecule has 3 rings (SSSR count). The molecule has 5 nitrogen and oxygen atoms in total. The topological polar surface area (TPSA) is 54.3 Å². The number of benzene rings is 1. The fourth-order valence-electron chi connectivity index (χ4n) is 3.10. The van der Waals surface area contributed by atoms with Crippen LogP contribution in [0.1, 0.15) is 23.9 Å². The Bertz CT molecular complexity index is 944. The van der Waals surface area contributed by atoms with Gasteiger partial charge >= 0.3 is 0 Å². The molecule has 0 spiro atoms. The zero-order valence-corrected chi connectivity index (χ0v) is 17.1. The predicted octanol–water partition coefficient (Wildman–Crippen LogP) is 3.72. The van der Waals surface area contributed by atoms with E-state index in [0.29, 0.717) is 5.69 Å². The second-order valence-corrected chi connectivity index (χ2v) is 7.31. The smallest absolute Gasteiger partial charge is 0.270 e. The number of aromatic nitrogens is 1. The van der Waals surface area contributed by atoms with Crippen molar-refractivity contribution in [2.75, 3.05) is 4.90 Å². The Kier molecular flexibility index (Phi) is 5.11. The first kappa shape index (κ1) is 18.5. The molecule has 2 aromatic rings. The first-order valence-electron chi connectivity index (χ1n) is 8.17. The molecule has 134 valence electrons. The summed E-state index contributed by atoms with van der Waals surface area (Å²) >= 11 is 8.58. The number of nitrogens with one attached hydrogen (secondary N) is 1. The number of carbonyl (C=O) groups excluding carboxylic acids is 2. The van der Waals surface area contributed by atoms with Crippen LogP contribution in [0.3, 0.4) is 0 Å². The van der Waals surface area contributed by atoms with Crippen LogP contribution < -0.4 is 10.2 Å². The van der Waals surface area contributed by atoms with Crippen LogP contribution in [-0.2, 0) is 16.1 Å². The fourth-order valence-corrected chi connectivity index (χ4v) is 3.64. The van der Waals surface area contributed by atoms with E-state index in [1.54, 1.807) is 18.2 Å². The molecule has 1 aromatic heterocycles. The summed E-state index contributed by atoms with van der Waals surface area (Å²) in [6.45, 7) is 6.87. The highest BCUT2D eigenvalue weighted by atomic mass is 79.9. The number of carbonyl (C=O) groups is 2. The second kappa shape index (κ2) is 7.17. The van der Waals surface area contributed by atoms with Crippen LogP contribution in [0.4, 0.5) is 5.69 Å². The van der Waals surface area contributed by atoms with E-state index >= 15 is 0 Å². The Morgan fingerprint density at radius 1 is 1.19 bits per heavy atom. The van der Waals surface area contributed by atoms with Crippen molar-refractivity contribution in [1.29, 1.82) is 0 Å². The Hall–Kier alpha value is -2.25. The van der Waals surface area contributed by atoms with Gasteiger partial charge in [0.05, 0.1) is 5.69 Å². The molecule has 1 aliphatic heterocycles. The van der Waals surface area contributed by atoms with Gasteiger partial charge < -0.3 is 4.57 Å². The van der Waals surface area contributed by atoms with E-state index < -0.39 is 11.8 Å². The van der Waals surface area contributed by atoms with E-state index in [4.69, 9.17) is 12.2 Å². The zero-order chi connectivity index (χ0) is 19.0. The minimum Gasteiger partial charge on any atom is -0.349 e. The van der Waals surface area contributed by atoms with Crippen molar-refractivity contribution in [2.45, 2.75) is 27.3 Å². The van der Waals surface area contributed by atoms with Crippen molar-refractivity contribution in [3.05, 3.63) is 57.3 Å². The number of hydrogen-bond donors (Lipinski definition) is 1. The highest BCUT2D eigenvalue weighted by molar-refractivity contribution is 9.10. The predicted molar refractivity (Wildman–Crippen MR) is 110 cm³/mol. The summed E-state index contributed by atoms with van der Waals surface area (Å²) < 4.78 is 3.03. The fraction of sp³-hybridized carbons (Fsp3) is 0.211. The molecule has 1 N–H and O–H groups in total. The summed E-state index contributed by atoms with van der Waals surface area (Å²) in [5, 5.41) is 2.69. The molecule has 2 heterocycles. The number of thiocarbonyl (C=S) groups is 1. The molecule has 1 fully saturated rings. The second-order valence-electron chi connectivity index (χ2n) is 6.00. The number of aryl methyl sites for hydroxylation is 1. The van der Waals surface area contributed by atoms with Crippen molar-refractivity contribution in [1.82, 2.24) is 9.88 Å². The molecular weight excluding hydrogens is 414 g/mol. The Morgan fingerprint density at radius 3 is 2.42 bits per heavy atom. The molecule has 0 radical (unpaired) electrons. The van der Waals surface area contributed by atoms with Gasteiger partial charge in [0, 0.05) is 22.4 Å². The van der Waals surface area contributed by atoms with E-state index in [1.807, 2.05) is 32.0 Å². The minimum atomic E-state index is -0.477. The van der Waals surface area contributed by atoms with Gasteiger partial charge in [-0.25, -0.2) is 0 Å². The molecule has 2 amide bonds. The van der Waals surface area contributed by atoms with Gasteiger partial charge in [-0.05, 0) is 75.0 Å². The number of halogens is 1. The van der Waals surface area contributed by atoms with E-state index in [2.05, 4.69) is 32.7 Å². The minimum absolute atomic E-state index is 0.0675. The lowest BCUT2D eigenvalue weighted by Crippen LogP contribution is -2.54. The maximum absolute atomic E-state index is 13.0. The van der Waals surface area contributed by atoms with Crippen LogP contribution in [0, 0.1) is 13.8 Å². The number of anilines is 1. The summed E-state index contributed by atoms with van der Waals surface area (Å²) in [6, 6.07) is 9.15. The lowest BCUT2D eigenvalue weighted by atomic mass is 10.1. The molecule has 1 aliphatic rings. The van der Waals surface area contributed by atoms with Crippen LogP contribution in [0.2, 0.25) is 0 Å². The van der Waals surface area contributed by atoms with E-state index in [-0.39, 0.29) is 10.7 Å².